The molecule has 1 amide bonds. The van der Waals surface area contributed by atoms with E-state index in [9.17, 15) is 4.79 Å². The van der Waals surface area contributed by atoms with Gasteiger partial charge < -0.3 is 10.6 Å². The van der Waals surface area contributed by atoms with Gasteiger partial charge in [-0.05, 0) is 13.0 Å². The molecule has 0 fully saturated rings. The quantitative estimate of drug-likeness (QED) is 0.638. The molecule has 0 aromatic heterocycles. The third-order valence-corrected chi connectivity index (χ3v) is 1.74. The molecule has 14 heavy (non-hydrogen) atoms. The van der Waals surface area contributed by atoms with Crippen LogP contribution in [0.2, 0.25) is 0 Å². The van der Waals surface area contributed by atoms with Crippen LogP contribution in [-0.2, 0) is 4.79 Å². The Labute approximate surface area is 90.9 Å². The summed E-state index contributed by atoms with van der Waals surface area (Å²) in [5.74, 6) is 0.0253. The fourth-order valence-corrected chi connectivity index (χ4v) is 0.989. The maximum absolute atomic E-state index is 11.2. The van der Waals surface area contributed by atoms with Gasteiger partial charge >= 0.3 is 0 Å². The van der Waals surface area contributed by atoms with Crippen LogP contribution in [0.1, 0.15) is 26.7 Å². The summed E-state index contributed by atoms with van der Waals surface area (Å²) in [4.78, 5) is 11.2. The number of amides is 1. The first-order chi connectivity index (χ1) is 6.52. The van der Waals surface area contributed by atoms with Gasteiger partial charge in [0.05, 0.1) is 6.54 Å². The molecule has 2 N–H and O–H groups in total. The second-order valence-electron chi connectivity index (χ2n) is 3.51. The monoisotopic (exact) mass is 218 g/mol. The van der Waals surface area contributed by atoms with Crippen LogP contribution < -0.4 is 10.6 Å². The van der Waals surface area contributed by atoms with Crippen LogP contribution in [0.15, 0.2) is 11.6 Å². The molecule has 0 atom stereocenters. The summed E-state index contributed by atoms with van der Waals surface area (Å²) in [7, 11) is 0. The third-order valence-electron chi connectivity index (χ3n) is 1.61. The van der Waals surface area contributed by atoms with Gasteiger partial charge in [0.1, 0.15) is 0 Å². The van der Waals surface area contributed by atoms with Crippen LogP contribution in [0.5, 0.6) is 0 Å². The largest absolute Gasteiger partial charge is 0.351 e. The van der Waals surface area contributed by atoms with Crippen LogP contribution in [0.3, 0.4) is 0 Å². The van der Waals surface area contributed by atoms with Crippen LogP contribution in [0.4, 0.5) is 0 Å². The number of rotatable bonds is 7. The van der Waals surface area contributed by atoms with E-state index in [-0.39, 0.29) is 5.91 Å². The first kappa shape index (κ1) is 13.5. The van der Waals surface area contributed by atoms with Gasteiger partial charge in [0.2, 0.25) is 5.91 Å². The summed E-state index contributed by atoms with van der Waals surface area (Å²) >= 11 is 5.50. The molecule has 0 radical (unpaired) electrons. The molecule has 0 unspecified atom stereocenters. The zero-order chi connectivity index (χ0) is 11.0. The van der Waals surface area contributed by atoms with Crippen molar-refractivity contribution >= 4 is 17.5 Å². The Balaban J connectivity index is 3.31. The molecule has 82 valence electrons. The van der Waals surface area contributed by atoms with E-state index in [0.717, 1.165) is 13.0 Å². The standard InChI is InChI=1S/C10H19ClN2O/c1-8(2)12-6-4-5-10(14)13-7-9(3)11/h8,12H,3-7H2,1-2H3,(H,13,14). The lowest BCUT2D eigenvalue weighted by atomic mass is 10.2. The number of hydrogen-bond acceptors (Lipinski definition) is 2. The normalized spacial score (nSPS) is 10.3. The van der Waals surface area contributed by atoms with Gasteiger partial charge in [-0.25, -0.2) is 0 Å². The van der Waals surface area contributed by atoms with E-state index in [0.29, 0.717) is 24.0 Å². The molecule has 0 saturated heterocycles. The minimum atomic E-state index is 0.0253. The molecule has 0 heterocycles. The summed E-state index contributed by atoms with van der Waals surface area (Å²) in [5.41, 5.74) is 0. The van der Waals surface area contributed by atoms with Crippen molar-refractivity contribution in [2.75, 3.05) is 13.1 Å². The Hall–Kier alpha value is -0.540. The zero-order valence-electron chi connectivity index (χ0n) is 8.90. The molecule has 0 bridgehead atoms. The van der Waals surface area contributed by atoms with E-state index >= 15 is 0 Å². The number of halogens is 1. The van der Waals surface area contributed by atoms with Crippen LogP contribution in [0, 0.1) is 0 Å². The molecule has 0 aromatic carbocycles. The maximum Gasteiger partial charge on any atom is 0.220 e. The van der Waals surface area contributed by atoms with Crippen molar-refractivity contribution in [3.05, 3.63) is 11.6 Å². The van der Waals surface area contributed by atoms with Gasteiger partial charge in [0, 0.05) is 17.5 Å². The molecular formula is C10H19ClN2O. The van der Waals surface area contributed by atoms with Crippen molar-refractivity contribution in [2.24, 2.45) is 0 Å². The van der Waals surface area contributed by atoms with Gasteiger partial charge in [0.15, 0.2) is 0 Å². The zero-order valence-corrected chi connectivity index (χ0v) is 9.66. The maximum atomic E-state index is 11.2. The van der Waals surface area contributed by atoms with Gasteiger partial charge in [-0.1, -0.05) is 32.0 Å². The fraction of sp³-hybridized carbons (Fsp3) is 0.700. The smallest absolute Gasteiger partial charge is 0.220 e. The Morgan fingerprint density at radius 2 is 2.14 bits per heavy atom. The summed E-state index contributed by atoms with van der Waals surface area (Å²) < 4.78 is 0. The lowest BCUT2D eigenvalue weighted by Gasteiger charge is -2.07. The Kier molecular flexibility index (Phi) is 7.52. The van der Waals surface area contributed by atoms with Gasteiger partial charge in [0.25, 0.3) is 0 Å². The van der Waals surface area contributed by atoms with E-state index in [1.54, 1.807) is 0 Å². The predicted octanol–water partition coefficient (Wildman–Crippen LogP) is 1.63. The minimum absolute atomic E-state index is 0.0253. The molecule has 0 spiro atoms. The van der Waals surface area contributed by atoms with Crippen molar-refractivity contribution in [2.45, 2.75) is 32.7 Å². The van der Waals surface area contributed by atoms with Crippen molar-refractivity contribution in [3.8, 4) is 0 Å². The molecule has 0 aliphatic carbocycles. The van der Waals surface area contributed by atoms with Crippen LogP contribution >= 0.6 is 11.6 Å². The van der Waals surface area contributed by atoms with Crippen molar-refractivity contribution in [3.63, 3.8) is 0 Å². The number of nitrogens with one attached hydrogen (secondary N) is 2. The van der Waals surface area contributed by atoms with Crippen LogP contribution in [0.25, 0.3) is 0 Å². The average molecular weight is 219 g/mol. The highest BCUT2D eigenvalue weighted by atomic mass is 35.5. The summed E-state index contributed by atoms with van der Waals surface area (Å²) in [6.07, 6.45) is 1.38. The SMILES string of the molecule is C=C(Cl)CNC(=O)CCCNC(C)C. The lowest BCUT2D eigenvalue weighted by molar-refractivity contribution is -0.120. The summed E-state index contributed by atoms with van der Waals surface area (Å²) in [6.45, 7) is 8.87. The molecule has 0 rings (SSSR count). The molecule has 0 aliphatic heterocycles. The number of carbonyl (C=O) groups is 1. The summed E-state index contributed by atoms with van der Waals surface area (Å²) in [6, 6.07) is 0.473. The van der Waals surface area contributed by atoms with E-state index in [2.05, 4.69) is 31.1 Å². The molecule has 0 aromatic rings. The predicted molar refractivity (Wildman–Crippen MR) is 60.4 cm³/mol. The highest BCUT2D eigenvalue weighted by molar-refractivity contribution is 6.29. The highest BCUT2D eigenvalue weighted by Crippen LogP contribution is 1.94. The van der Waals surface area contributed by atoms with Gasteiger partial charge in [-0.3, -0.25) is 4.79 Å². The fourth-order valence-electron chi connectivity index (χ4n) is 0.923. The molecule has 0 aliphatic rings. The number of hydrogen-bond donors (Lipinski definition) is 2. The van der Waals surface area contributed by atoms with E-state index in [4.69, 9.17) is 11.6 Å². The molecule has 3 nitrogen and oxygen atoms in total. The van der Waals surface area contributed by atoms with Gasteiger partial charge in [-0.2, -0.15) is 0 Å². The summed E-state index contributed by atoms with van der Waals surface area (Å²) in [5, 5.41) is 6.37. The average Bonchev–Trinajstić information content (AvgIpc) is 2.08. The van der Waals surface area contributed by atoms with E-state index < -0.39 is 0 Å². The van der Waals surface area contributed by atoms with E-state index in [1.807, 2.05) is 0 Å². The van der Waals surface area contributed by atoms with Crippen molar-refractivity contribution < 1.29 is 4.79 Å². The van der Waals surface area contributed by atoms with Crippen molar-refractivity contribution in [1.29, 1.82) is 0 Å². The number of carbonyl (C=O) groups excluding carboxylic acids is 1. The topological polar surface area (TPSA) is 41.1 Å². The lowest BCUT2D eigenvalue weighted by Crippen LogP contribution is -2.27. The van der Waals surface area contributed by atoms with Gasteiger partial charge in [-0.15, -0.1) is 0 Å². The third kappa shape index (κ3) is 9.55. The molecule has 0 saturated carbocycles. The second-order valence-corrected chi connectivity index (χ2v) is 4.04. The van der Waals surface area contributed by atoms with Crippen molar-refractivity contribution in [1.82, 2.24) is 10.6 Å². The Morgan fingerprint density at radius 3 is 2.64 bits per heavy atom. The molecule has 4 heteroatoms. The Bertz CT molecular complexity index is 193. The van der Waals surface area contributed by atoms with E-state index in [1.165, 1.54) is 0 Å². The molecular weight excluding hydrogens is 200 g/mol. The Morgan fingerprint density at radius 1 is 1.50 bits per heavy atom. The first-order valence-corrected chi connectivity index (χ1v) is 5.23. The van der Waals surface area contributed by atoms with Crippen LogP contribution in [-0.4, -0.2) is 25.0 Å². The highest BCUT2D eigenvalue weighted by Gasteiger charge is 2.00. The second kappa shape index (κ2) is 7.83. The first-order valence-electron chi connectivity index (χ1n) is 4.85. The minimum Gasteiger partial charge on any atom is -0.351 e.